The van der Waals surface area contributed by atoms with Gasteiger partial charge in [0.1, 0.15) is 11.7 Å². The van der Waals surface area contributed by atoms with Crippen molar-refractivity contribution < 1.29 is 9.18 Å². The molecule has 1 amide bonds. The van der Waals surface area contributed by atoms with Crippen molar-refractivity contribution in [2.24, 2.45) is 5.92 Å². The van der Waals surface area contributed by atoms with Gasteiger partial charge in [-0.05, 0) is 34.5 Å². The number of rotatable bonds is 4. The highest BCUT2D eigenvalue weighted by molar-refractivity contribution is 9.10. The molecule has 0 saturated carbocycles. The van der Waals surface area contributed by atoms with E-state index in [0.29, 0.717) is 10.9 Å². The first-order chi connectivity index (χ1) is 8.10. The van der Waals surface area contributed by atoms with Crippen LogP contribution in [0.2, 0.25) is 0 Å². The summed E-state index contributed by atoms with van der Waals surface area (Å²) in [6.07, 6.45) is 1.19. The smallest absolute Gasteiger partial charge is 0.241 e. The number of para-hydroxylation sites is 1. The van der Waals surface area contributed by atoms with Crippen LogP contribution < -0.4 is 5.32 Å². The number of nitriles is 1. The van der Waals surface area contributed by atoms with Gasteiger partial charge in [0.05, 0.1) is 11.8 Å². The Hall–Kier alpha value is -1.41. The van der Waals surface area contributed by atoms with Gasteiger partial charge in [0.25, 0.3) is 0 Å². The lowest BCUT2D eigenvalue weighted by atomic mass is 10.0. The minimum atomic E-state index is -0.744. The first-order valence-electron chi connectivity index (χ1n) is 5.24. The highest BCUT2D eigenvalue weighted by atomic mass is 79.9. The van der Waals surface area contributed by atoms with Crippen molar-refractivity contribution >= 4 is 27.5 Å². The topological polar surface area (TPSA) is 52.9 Å². The summed E-state index contributed by atoms with van der Waals surface area (Å²) in [7, 11) is 0. The van der Waals surface area contributed by atoms with E-state index in [0.717, 1.165) is 6.42 Å². The third-order valence-electron chi connectivity index (χ3n) is 2.26. The van der Waals surface area contributed by atoms with Crippen LogP contribution in [0.1, 0.15) is 19.8 Å². The molecule has 0 aromatic heterocycles. The maximum atomic E-state index is 13.4. The van der Waals surface area contributed by atoms with Crippen molar-refractivity contribution in [2.45, 2.75) is 19.8 Å². The average molecular weight is 299 g/mol. The van der Waals surface area contributed by atoms with E-state index in [1.807, 2.05) is 13.0 Å². The lowest BCUT2D eigenvalue weighted by molar-refractivity contribution is -0.118. The maximum absolute atomic E-state index is 13.4. The highest BCUT2D eigenvalue weighted by Crippen LogP contribution is 2.25. The van der Waals surface area contributed by atoms with Crippen LogP contribution in [0, 0.1) is 23.1 Å². The van der Waals surface area contributed by atoms with Gasteiger partial charge in [0.15, 0.2) is 0 Å². The zero-order chi connectivity index (χ0) is 12.8. The lowest BCUT2D eigenvalue weighted by Crippen LogP contribution is -2.22. The molecule has 1 aromatic rings. The number of hydrogen-bond acceptors (Lipinski definition) is 2. The second kappa shape index (κ2) is 6.36. The summed E-state index contributed by atoms with van der Waals surface area (Å²) in [5.74, 6) is -1.74. The lowest BCUT2D eigenvalue weighted by Gasteiger charge is -2.11. The molecule has 1 rings (SSSR count). The molecular weight excluding hydrogens is 287 g/mol. The Bertz CT molecular complexity index is 436. The Morgan fingerprint density at radius 2 is 2.35 bits per heavy atom. The molecule has 1 N–H and O–H groups in total. The van der Waals surface area contributed by atoms with E-state index in [1.165, 1.54) is 12.1 Å². The largest absolute Gasteiger partial charge is 0.322 e. The zero-order valence-corrected chi connectivity index (χ0v) is 10.9. The fourth-order valence-corrected chi connectivity index (χ4v) is 1.81. The maximum Gasteiger partial charge on any atom is 0.241 e. The molecule has 90 valence electrons. The van der Waals surface area contributed by atoms with Crippen molar-refractivity contribution in [3.63, 3.8) is 0 Å². The normalized spacial score (nSPS) is 11.6. The van der Waals surface area contributed by atoms with Gasteiger partial charge in [-0.25, -0.2) is 4.39 Å². The van der Waals surface area contributed by atoms with Gasteiger partial charge in [0.2, 0.25) is 5.91 Å². The third kappa shape index (κ3) is 3.53. The molecule has 0 aliphatic heterocycles. The van der Waals surface area contributed by atoms with Crippen LogP contribution in [0.25, 0.3) is 0 Å². The molecule has 0 radical (unpaired) electrons. The first kappa shape index (κ1) is 13.7. The summed E-state index contributed by atoms with van der Waals surface area (Å²) < 4.78 is 13.9. The Morgan fingerprint density at radius 3 is 2.88 bits per heavy atom. The predicted molar refractivity (Wildman–Crippen MR) is 66.7 cm³/mol. The van der Waals surface area contributed by atoms with Crippen LogP contribution in [-0.2, 0) is 4.79 Å². The second-order valence-electron chi connectivity index (χ2n) is 3.56. The van der Waals surface area contributed by atoms with Crippen LogP contribution in [0.4, 0.5) is 10.1 Å². The molecule has 1 aromatic carbocycles. The van der Waals surface area contributed by atoms with Gasteiger partial charge in [0, 0.05) is 4.47 Å². The SMILES string of the molecule is CCCC(C#N)C(=O)Nc1c(F)cccc1Br. The van der Waals surface area contributed by atoms with E-state index in [4.69, 9.17) is 5.26 Å². The molecule has 0 heterocycles. The van der Waals surface area contributed by atoms with Crippen molar-refractivity contribution in [3.05, 3.63) is 28.5 Å². The van der Waals surface area contributed by atoms with Crippen molar-refractivity contribution in [2.75, 3.05) is 5.32 Å². The summed E-state index contributed by atoms with van der Waals surface area (Å²) in [6.45, 7) is 1.89. The fourth-order valence-electron chi connectivity index (χ4n) is 1.37. The van der Waals surface area contributed by atoms with Crippen LogP contribution in [0.3, 0.4) is 0 Å². The molecular formula is C12H12BrFN2O. The van der Waals surface area contributed by atoms with Gasteiger partial charge in [-0.15, -0.1) is 0 Å². The number of anilines is 1. The number of carbonyl (C=O) groups excluding carboxylic acids is 1. The molecule has 0 saturated heterocycles. The van der Waals surface area contributed by atoms with Crippen molar-refractivity contribution in [3.8, 4) is 6.07 Å². The van der Waals surface area contributed by atoms with Gasteiger partial charge < -0.3 is 5.32 Å². The van der Waals surface area contributed by atoms with Gasteiger partial charge >= 0.3 is 0 Å². The number of carbonyl (C=O) groups is 1. The Balaban J connectivity index is 2.84. The molecule has 3 nitrogen and oxygen atoms in total. The predicted octanol–water partition coefficient (Wildman–Crippen LogP) is 3.47. The summed E-state index contributed by atoms with van der Waals surface area (Å²) in [4.78, 5) is 11.7. The Morgan fingerprint density at radius 1 is 1.65 bits per heavy atom. The van der Waals surface area contributed by atoms with Gasteiger partial charge in [-0.2, -0.15) is 5.26 Å². The van der Waals surface area contributed by atoms with E-state index in [1.54, 1.807) is 6.07 Å². The van der Waals surface area contributed by atoms with E-state index in [2.05, 4.69) is 21.2 Å². The minimum absolute atomic E-state index is 0.0776. The standard InChI is InChI=1S/C12H12BrFN2O/c1-2-4-8(7-15)12(17)16-11-9(13)5-3-6-10(11)14/h3,5-6,8H,2,4H2,1H3,(H,16,17). The quantitative estimate of drug-likeness (QED) is 0.925. The molecule has 17 heavy (non-hydrogen) atoms. The first-order valence-corrected chi connectivity index (χ1v) is 6.04. The summed E-state index contributed by atoms with van der Waals surface area (Å²) in [6, 6.07) is 6.32. The highest BCUT2D eigenvalue weighted by Gasteiger charge is 2.19. The number of benzene rings is 1. The molecule has 1 atom stereocenters. The fraction of sp³-hybridized carbons (Fsp3) is 0.333. The van der Waals surface area contributed by atoms with E-state index >= 15 is 0 Å². The average Bonchev–Trinajstić information content (AvgIpc) is 2.30. The monoisotopic (exact) mass is 298 g/mol. The minimum Gasteiger partial charge on any atom is -0.322 e. The molecule has 0 aliphatic carbocycles. The molecule has 0 bridgehead atoms. The molecule has 0 spiro atoms. The van der Waals surface area contributed by atoms with E-state index in [-0.39, 0.29) is 5.69 Å². The second-order valence-corrected chi connectivity index (χ2v) is 4.41. The van der Waals surface area contributed by atoms with Crippen LogP contribution >= 0.6 is 15.9 Å². The number of nitrogens with zero attached hydrogens (tertiary/aromatic N) is 1. The summed E-state index contributed by atoms with van der Waals surface area (Å²) in [5, 5.41) is 11.3. The molecule has 5 heteroatoms. The van der Waals surface area contributed by atoms with Crippen LogP contribution in [0.15, 0.2) is 22.7 Å². The van der Waals surface area contributed by atoms with E-state index < -0.39 is 17.6 Å². The molecule has 0 fully saturated rings. The van der Waals surface area contributed by atoms with Gasteiger partial charge in [-0.3, -0.25) is 4.79 Å². The van der Waals surface area contributed by atoms with Crippen LogP contribution in [0.5, 0.6) is 0 Å². The van der Waals surface area contributed by atoms with Gasteiger partial charge in [-0.1, -0.05) is 19.4 Å². The zero-order valence-electron chi connectivity index (χ0n) is 9.34. The third-order valence-corrected chi connectivity index (χ3v) is 2.92. The van der Waals surface area contributed by atoms with Crippen LogP contribution in [-0.4, -0.2) is 5.91 Å². The number of hydrogen-bond donors (Lipinski definition) is 1. The Kier molecular flexibility index (Phi) is 5.11. The summed E-state index contributed by atoms with van der Waals surface area (Å²) >= 11 is 3.15. The van der Waals surface area contributed by atoms with E-state index in [9.17, 15) is 9.18 Å². The molecule has 0 aliphatic rings. The number of nitrogens with one attached hydrogen (secondary N) is 1. The Labute approximate surface area is 108 Å². The summed E-state index contributed by atoms with van der Waals surface area (Å²) in [5.41, 5.74) is 0.0776. The molecule has 1 unspecified atom stereocenters. The van der Waals surface area contributed by atoms with Crippen molar-refractivity contribution in [1.29, 1.82) is 5.26 Å². The number of amides is 1. The number of halogens is 2. The van der Waals surface area contributed by atoms with Crippen molar-refractivity contribution in [1.82, 2.24) is 0 Å².